The van der Waals surface area contributed by atoms with Crippen LogP contribution < -0.4 is 0 Å². The zero-order valence-electron chi connectivity index (χ0n) is 7.01. The first-order chi connectivity index (χ1) is 6.19. The van der Waals surface area contributed by atoms with Gasteiger partial charge in [0.15, 0.2) is 6.29 Å². The fourth-order valence-corrected chi connectivity index (χ4v) is 1.53. The van der Waals surface area contributed by atoms with Gasteiger partial charge in [-0.25, -0.2) is 4.39 Å². The number of carbonyl (C=O) groups is 1. The number of benzene rings is 1. The molecule has 0 aromatic heterocycles. The lowest BCUT2D eigenvalue weighted by Gasteiger charge is -2.03. The van der Waals surface area contributed by atoms with Crippen LogP contribution in [0, 0.1) is 5.82 Å². The lowest BCUT2D eigenvalue weighted by atomic mass is 10.1. The number of aldehydes is 1. The molecule has 0 radical (unpaired) electrons. The third-order valence-electron chi connectivity index (χ3n) is 1.55. The lowest BCUT2D eigenvalue weighted by Crippen LogP contribution is -1.94. The van der Waals surface area contributed by atoms with Gasteiger partial charge in [-0.1, -0.05) is 0 Å². The van der Waals surface area contributed by atoms with Crippen LogP contribution in [0.2, 0.25) is 0 Å². The first-order valence-corrected chi connectivity index (χ1v) is 4.40. The van der Waals surface area contributed by atoms with Crippen molar-refractivity contribution in [3.8, 4) is 0 Å². The van der Waals surface area contributed by atoms with Crippen LogP contribution in [-0.2, 0) is 11.3 Å². The highest BCUT2D eigenvalue weighted by atomic mass is 79.9. The number of rotatable bonds is 3. The predicted octanol–water partition coefficient (Wildman–Crippen LogP) is 2.55. The second kappa shape index (κ2) is 4.48. The highest BCUT2D eigenvalue weighted by molar-refractivity contribution is 9.10. The van der Waals surface area contributed by atoms with Gasteiger partial charge in [0.1, 0.15) is 5.82 Å². The predicted molar refractivity (Wildman–Crippen MR) is 50.2 cm³/mol. The zero-order valence-corrected chi connectivity index (χ0v) is 8.60. The van der Waals surface area contributed by atoms with E-state index in [1.54, 1.807) is 6.07 Å². The second-order valence-corrected chi connectivity index (χ2v) is 3.39. The van der Waals surface area contributed by atoms with E-state index in [-0.39, 0.29) is 10.0 Å². The smallest absolute Gasteiger partial charge is 0.153 e. The molecule has 0 heterocycles. The van der Waals surface area contributed by atoms with Gasteiger partial charge >= 0.3 is 0 Å². The number of hydrogen-bond donors (Lipinski definition) is 0. The average molecular weight is 247 g/mol. The quantitative estimate of drug-likeness (QED) is 0.767. The molecular weight excluding hydrogens is 239 g/mol. The Labute approximate surface area is 83.8 Å². The Morgan fingerprint density at radius 2 is 2.31 bits per heavy atom. The molecule has 13 heavy (non-hydrogen) atoms. The van der Waals surface area contributed by atoms with E-state index in [2.05, 4.69) is 15.9 Å². The molecule has 0 saturated carbocycles. The third kappa shape index (κ3) is 2.35. The molecule has 0 saturated heterocycles. The molecule has 0 aliphatic heterocycles. The fraction of sp³-hybridized carbons (Fsp3) is 0.222. The first kappa shape index (κ1) is 10.3. The molecule has 0 atom stereocenters. The zero-order chi connectivity index (χ0) is 9.84. The van der Waals surface area contributed by atoms with Gasteiger partial charge in [0, 0.05) is 7.11 Å². The highest BCUT2D eigenvalue weighted by Crippen LogP contribution is 2.20. The van der Waals surface area contributed by atoms with Crippen LogP contribution >= 0.6 is 15.9 Å². The van der Waals surface area contributed by atoms with Gasteiger partial charge < -0.3 is 4.74 Å². The Balaban J connectivity index is 3.14. The maximum atomic E-state index is 13.1. The SMILES string of the molecule is COCc1cc(Br)c(F)c(C=O)c1. The van der Waals surface area contributed by atoms with Crippen molar-refractivity contribution in [3.05, 3.63) is 33.5 Å². The topological polar surface area (TPSA) is 26.3 Å². The largest absolute Gasteiger partial charge is 0.380 e. The Morgan fingerprint density at radius 3 is 2.85 bits per heavy atom. The van der Waals surface area contributed by atoms with E-state index in [4.69, 9.17) is 4.74 Å². The molecule has 4 heteroatoms. The van der Waals surface area contributed by atoms with Crippen molar-refractivity contribution in [1.29, 1.82) is 0 Å². The summed E-state index contributed by atoms with van der Waals surface area (Å²) in [4.78, 5) is 10.4. The third-order valence-corrected chi connectivity index (χ3v) is 2.13. The molecule has 0 aliphatic carbocycles. The standard InChI is InChI=1S/C9H8BrFO2/c1-13-5-6-2-7(4-12)9(11)8(10)3-6/h2-4H,5H2,1H3. The number of methoxy groups -OCH3 is 1. The summed E-state index contributed by atoms with van der Waals surface area (Å²) in [7, 11) is 1.54. The van der Waals surface area contributed by atoms with E-state index in [0.29, 0.717) is 12.9 Å². The number of ether oxygens (including phenoxy) is 1. The van der Waals surface area contributed by atoms with Gasteiger partial charge in [-0.15, -0.1) is 0 Å². The van der Waals surface area contributed by atoms with E-state index in [1.807, 2.05) is 0 Å². The van der Waals surface area contributed by atoms with Crippen molar-refractivity contribution in [3.63, 3.8) is 0 Å². The molecule has 1 aromatic carbocycles. The molecule has 70 valence electrons. The van der Waals surface area contributed by atoms with E-state index in [1.165, 1.54) is 13.2 Å². The van der Waals surface area contributed by atoms with E-state index in [9.17, 15) is 9.18 Å². The first-order valence-electron chi connectivity index (χ1n) is 3.61. The van der Waals surface area contributed by atoms with Gasteiger partial charge in [0.05, 0.1) is 16.6 Å². The minimum Gasteiger partial charge on any atom is -0.380 e. The van der Waals surface area contributed by atoms with E-state index >= 15 is 0 Å². The van der Waals surface area contributed by atoms with E-state index < -0.39 is 5.82 Å². The summed E-state index contributed by atoms with van der Waals surface area (Å²) >= 11 is 3.02. The van der Waals surface area contributed by atoms with Crippen molar-refractivity contribution in [2.24, 2.45) is 0 Å². The van der Waals surface area contributed by atoms with Gasteiger partial charge in [0.2, 0.25) is 0 Å². The van der Waals surface area contributed by atoms with Crippen LogP contribution in [0.4, 0.5) is 4.39 Å². The number of halogens is 2. The minimum absolute atomic E-state index is 0.0430. The normalized spacial score (nSPS) is 10.1. The van der Waals surface area contributed by atoms with Gasteiger partial charge in [0.25, 0.3) is 0 Å². The highest BCUT2D eigenvalue weighted by Gasteiger charge is 2.07. The molecule has 1 aromatic rings. The summed E-state index contributed by atoms with van der Waals surface area (Å²) in [5.74, 6) is -0.533. The van der Waals surface area contributed by atoms with Crippen LogP contribution in [0.1, 0.15) is 15.9 Å². The van der Waals surface area contributed by atoms with Crippen LogP contribution in [0.5, 0.6) is 0 Å². The summed E-state index contributed by atoms with van der Waals surface area (Å²) in [6.45, 7) is 0.361. The maximum absolute atomic E-state index is 13.1. The van der Waals surface area contributed by atoms with Crippen LogP contribution in [0.15, 0.2) is 16.6 Å². The van der Waals surface area contributed by atoms with Gasteiger partial charge in [-0.3, -0.25) is 4.79 Å². The van der Waals surface area contributed by atoms with Gasteiger partial charge in [-0.05, 0) is 33.6 Å². The van der Waals surface area contributed by atoms with Crippen molar-refractivity contribution in [2.75, 3.05) is 7.11 Å². The Bertz CT molecular complexity index is 326. The van der Waals surface area contributed by atoms with Crippen LogP contribution in [-0.4, -0.2) is 13.4 Å². The molecular formula is C9H8BrFO2. The summed E-state index contributed by atoms with van der Waals surface area (Å²) in [6, 6.07) is 3.06. The molecule has 0 fully saturated rings. The number of carbonyl (C=O) groups excluding carboxylic acids is 1. The lowest BCUT2D eigenvalue weighted by molar-refractivity contribution is 0.111. The average Bonchev–Trinajstić information content (AvgIpc) is 2.11. The summed E-state index contributed by atoms with van der Waals surface area (Å²) in [5.41, 5.74) is 0.805. The van der Waals surface area contributed by atoms with Crippen molar-refractivity contribution < 1.29 is 13.9 Å². The van der Waals surface area contributed by atoms with Crippen molar-refractivity contribution in [1.82, 2.24) is 0 Å². The molecule has 0 spiro atoms. The minimum atomic E-state index is -0.533. The second-order valence-electron chi connectivity index (χ2n) is 2.53. The molecule has 0 amide bonds. The molecule has 0 N–H and O–H groups in total. The number of hydrogen-bond acceptors (Lipinski definition) is 2. The van der Waals surface area contributed by atoms with Crippen LogP contribution in [0.3, 0.4) is 0 Å². The van der Waals surface area contributed by atoms with E-state index in [0.717, 1.165) is 5.56 Å². The Kier molecular flexibility index (Phi) is 3.57. The maximum Gasteiger partial charge on any atom is 0.153 e. The Morgan fingerprint density at radius 1 is 1.62 bits per heavy atom. The molecule has 0 bridgehead atoms. The molecule has 0 unspecified atom stereocenters. The van der Waals surface area contributed by atoms with Crippen LogP contribution in [0.25, 0.3) is 0 Å². The molecule has 0 aliphatic rings. The van der Waals surface area contributed by atoms with Crippen molar-refractivity contribution in [2.45, 2.75) is 6.61 Å². The monoisotopic (exact) mass is 246 g/mol. The molecule has 2 nitrogen and oxygen atoms in total. The summed E-state index contributed by atoms with van der Waals surface area (Å²) < 4.78 is 18.2. The van der Waals surface area contributed by atoms with Crippen molar-refractivity contribution >= 4 is 22.2 Å². The Hall–Kier alpha value is -0.740. The summed E-state index contributed by atoms with van der Waals surface area (Å²) in [5, 5.41) is 0. The fourth-order valence-electron chi connectivity index (χ4n) is 1.00. The summed E-state index contributed by atoms with van der Waals surface area (Å²) in [6.07, 6.45) is 0.485. The molecule has 1 rings (SSSR count). The van der Waals surface area contributed by atoms with Gasteiger partial charge in [-0.2, -0.15) is 0 Å².